The number of nitrogens with zero attached hydrogens (tertiary/aromatic N) is 3. The molecule has 0 aromatic carbocycles. The van der Waals surface area contributed by atoms with Crippen LogP contribution in [0.1, 0.15) is 28.3 Å². The molecule has 0 spiro atoms. The molecule has 2 aromatic heterocycles. The third-order valence-corrected chi connectivity index (χ3v) is 3.45. The lowest BCUT2D eigenvalue weighted by Crippen LogP contribution is -1.94. The van der Waals surface area contributed by atoms with Crippen LogP contribution in [0.3, 0.4) is 0 Å². The average Bonchev–Trinajstić information content (AvgIpc) is 2.57. The van der Waals surface area contributed by atoms with E-state index in [-0.39, 0.29) is 0 Å². The van der Waals surface area contributed by atoms with Crippen molar-refractivity contribution in [1.29, 1.82) is 5.26 Å². The molecule has 0 N–H and O–H groups in total. The molecule has 0 amide bonds. The normalized spacial score (nSPS) is 10.4. The van der Waals surface area contributed by atoms with E-state index in [1.165, 1.54) is 11.8 Å². The van der Waals surface area contributed by atoms with Crippen molar-refractivity contribution in [2.45, 2.75) is 37.9 Å². The molecular weight excluding hydrogens is 246 g/mol. The van der Waals surface area contributed by atoms with Crippen LogP contribution in [0.5, 0.6) is 0 Å². The van der Waals surface area contributed by atoms with Gasteiger partial charge in [-0.1, -0.05) is 0 Å². The van der Waals surface area contributed by atoms with Gasteiger partial charge in [0, 0.05) is 5.69 Å². The average molecular weight is 259 g/mol. The van der Waals surface area contributed by atoms with Crippen molar-refractivity contribution in [1.82, 2.24) is 9.97 Å². The Hall–Kier alpha value is -1.80. The third kappa shape index (κ3) is 2.39. The van der Waals surface area contributed by atoms with Crippen molar-refractivity contribution in [2.24, 2.45) is 0 Å². The quantitative estimate of drug-likeness (QED) is 0.827. The second-order valence-electron chi connectivity index (χ2n) is 4.10. The molecule has 18 heavy (non-hydrogen) atoms. The molecule has 0 aliphatic carbocycles. The third-order valence-electron chi connectivity index (χ3n) is 2.62. The first-order valence-electron chi connectivity index (χ1n) is 5.51. The van der Waals surface area contributed by atoms with E-state index in [2.05, 4.69) is 16.0 Å². The molecule has 0 unspecified atom stereocenters. The summed E-state index contributed by atoms with van der Waals surface area (Å²) in [6.45, 7) is 7.57. The first-order valence-corrected chi connectivity index (χ1v) is 6.33. The van der Waals surface area contributed by atoms with E-state index in [0.717, 1.165) is 22.7 Å². The molecule has 4 nitrogen and oxygen atoms in total. The summed E-state index contributed by atoms with van der Waals surface area (Å²) in [6, 6.07) is 4.08. The van der Waals surface area contributed by atoms with Gasteiger partial charge in [0.05, 0.1) is 11.3 Å². The summed E-state index contributed by atoms with van der Waals surface area (Å²) in [6.07, 6.45) is 0. The van der Waals surface area contributed by atoms with Gasteiger partial charge in [-0.05, 0) is 51.1 Å². The molecule has 2 aromatic rings. The van der Waals surface area contributed by atoms with Crippen LogP contribution in [0, 0.1) is 39.0 Å². The second-order valence-corrected chi connectivity index (χ2v) is 5.04. The smallest absolute Gasteiger partial charge is 0.262 e. The molecule has 0 fully saturated rings. The van der Waals surface area contributed by atoms with Crippen LogP contribution in [-0.4, -0.2) is 9.97 Å². The lowest BCUT2D eigenvalue weighted by Gasteiger charge is -2.04. The summed E-state index contributed by atoms with van der Waals surface area (Å²) in [5, 5.41) is 10.3. The predicted molar refractivity (Wildman–Crippen MR) is 68.5 cm³/mol. The molecule has 2 rings (SSSR count). The zero-order valence-electron chi connectivity index (χ0n) is 10.7. The van der Waals surface area contributed by atoms with E-state index >= 15 is 0 Å². The van der Waals surface area contributed by atoms with Gasteiger partial charge in [-0.25, -0.2) is 9.97 Å². The summed E-state index contributed by atoms with van der Waals surface area (Å²) >= 11 is 1.29. The number of hydrogen-bond acceptors (Lipinski definition) is 5. The van der Waals surface area contributed by atoms with Crippen molar-refractivity contribution >= 4 is 11.8 Å². The molecule has 0 bridgehead atoms. The number of rotatable bonds is 2. The van der Waals surface area contributed by atoms with Crippen molar-refractivity contribution in [3.63, 3.8) is 0 Å². The Morgan fingerprint density at radius 2 is 1.94 bits per heavy atom. The Kier molecular flexibility index (Phi) is 3.39. The maximum absolute atomic E-state index is 9.17. The first-order chi connectivity index (χ1) is 8.51. The van der Waals surface area contributed by atoms with Gasteiger partial charge in [0.2, 0.25) is 0 Å². The van der Waals surface area contributed by atoms with Gasteiger partial charge in [0.15, 0.2) is 0 Å². The van der Waals surface area contributed by atoms with E-state index in [0.29, 0.717) is 15.8 Å². The molecule has 0 saturated carbocycles. The molecule has 0 atom stereocenters. The van der Waals surface area contributed by atoms with E-state index in [1.807, 2.05) is 33.8 Å². The number of oxazole rings is 1. The highest BCUT2D eigenvalue weighted by atomic mass is 32.2. The van der Waals surface area contributed by atoms with Crippen LogP contribution in [0.4, 0.5) is 0 Å². The first kappa shape index (κ1) is 12.7. The fraction of sp³-hybridized carbons (Fsp3) is 0.308. The zero-order chi connectivity index (χ0) is 13.3. The SMILES string of the molecule is Cc1cc(C)c(C#N)c(Sc2nc(C)c(C)o2)n1. The Morgan fingerprint density at radius 1 is 1.22 bits per heavy atom. The highest BCUT2D eigenvalue weighted by Crippen LogP contribution is 2.30. The lowest BCUT2D eigenvalue weighted by atomic mass is 10.1. The highest BCUT2D eigenvalue weighted by Gasteiger charge is 2.14. The Labute approximate surface area is 110 Å². The summed E-state index contributed by atoms with van der Waals surface area (Å²) in [5.41, 5.74) is 3.25. The van der Waals surface area contributed by atoms with Crippen molar-refractivity contribution < 1.29 is 4.42 Å². The Bertz CT molecular complexity index is 621. The van der Waals surface area contributed by atoms with Gasteiger partial charge >= 0.3 is 0 Å². The fourth-order valence-corrected chi connectivity index (χ4v) is 2.59. The van der Waals surface area contributed by atoms with E-state index in [4.69, 9.17) is 4.42 Å². The van der Waals surface area contributed by atoms with Crippen LogP contribution in [0.15, 0.2) is 20.7 Å². The summed E-state index contributed by atoms with van der Waals surface area (Å²) in [7, 11) is 0. The lowest BCUT2D eigenvalue weighted by molar-refractivity contribution is 0.431. The standard InChI is InChI=1S/C13H13N3OS/c1-7-5-8(2)15-12(11(7)6-14)18-13-16-9(3)10(4)17-13/h5H,1-4H3. The number of aryl methyl sites for hydroxylation is 4. The van der Waals surface area contributed by atoms with Crippen LogP contribution in [0.25, 0.3) is 0 Å². The topological polar surface area (TPSA) is 62.7 Å². The number of nitriles is 1. The van der Waals surface area contributed by atoms with Crippen molar-refractivity contribution in [3.8, 4) is 6.07 Å². The minimum absolute atomic E-state index is 0.527. The number of aromatic nitrogens is 2. The van der Waals surface area contributed by atoms with Gasteiger partial charge < -0.3 is 4.42 Å². The van der Waals surface area contributed by atoms with E-state index in [9.17, 15) is 5.26 Å². The minimum atomic E-state index is 0.527. The van der Waals surface area contributed by atoms with Crippen LogP contribution in [0.2, 0.25) is 0 Å². The fourth-order valence-electron chi connectivity index (χ4n) is 1.58. The van der Waals surface area contributed by atoms with Gasteiger partial charge in [0.1, 0.15) is 16.9 Å². The summed E-state index contributed by atoms with van der Waals surface area (Å²) in [4.78, 5) is 8.67. The van der Waals surface area contributed by atoms with Gasteiger partial charge in [-0.3, -0.25) is 0 Å². The minimum Gasteiger partial charge on any atom is -0.436 e. The van der Waals surface area contributed by atoms with Gasteiger partial charge in [-0.15, -0.1) is 0 Å². The number of pyridine rings is 1. The van der Waals surface area contributed by atoms with E-state index < -0.39 is 0 Å². The maximum Gasteiger partial charge on any atom is 0.262 e. The van der Waals surface area contributed by atoms with Crippen molar-refractivity contribution in [2.75, 3.05) is 0 Å². The highest BCUT2D eigenvalue weighted by molar-refractivity contribution is 7.99. The number of hydrogen-bond donors (Lipinski definition) is 0. The van der Waals surface area contributed by atoms with Crippen LogP contribution < -0.4 is 0 Å². The van der Waals surface area contributed by atoms with E-state index in [1.54, 1.807) is 0 Å². The molecule has 0 saturated heterocycles. The molecular formula is C13H13N3OS. The molecule has 0 aliphatic heterocycles. The van der Waals surface area contributed by atoms with Gasteiger partial charge in [0.25, 0.3) is 5.22 Å². The second kappa shape index (κ2) is 4.83. The molecule has 0 aliphatic rings. The summed E-state index contributed by atoms with van der Waals surface area (Å²) < 4.78 is 5.50. The molecule has 92 valence electrons. The molecule has 2 heterocycles. The van der Waals surface area contributed by atoms with Gasteiger partial charge in [-0.2, -0.15) is 5.26 Å². The maximum atomic E-state index is 9.17. The molecule has 0 radical (unpaired) electrons. The van der Waals surface area contributed by atoms with Crippen LogP contribution >= 0.6 is 11.8 Å². The monoisotopic (exact) mass is 259 g/mol. The summed E-state index contributed by atoms with van der Waals surface area (Å²) in [5.74, 6) is 0.792. The Balaban J connectivity index is 2.43. The molecule has 5 heteroatoms. The van der Waals surface area contributed by atoms with Crippen LogP contribution in [-0.2, 0) is 0 Å². The van der Waals surface area contributed by atoms with Crippen molar-refractivity contribution in [3.05, 3.63) is 34.3 Å². The zero-order valence-corrected chi connectivity index (χ0v) is 11.6. The predicted octanol–water partition coefficient (Wildman–Crippen LogP) is 3.33. The largest absolute Gasteiger partial charge is 0.436 e. The Morgan fingerprint density at radius 3 is 2.50 bits per heavy atom.